The molecule has 3 heterocycles. The van der Waals surface area contributed by atoms with Gasteiger partial charge in [-0.3, -0.25) is 9.59 Å². The molecular formula is C18H16N6O2S. The van der Waals surface area contributed by atoms with Crippen LogP contribution in [0.3, 0.4) is 0 Å². The fourth-order valence-electron chi connectivity index (χ4n) is 3.04. The van der Waals surface area contributed by atoms with Gasteiger partial charge in [0.25, 0.3) is 0 Å². The Morgan fingerprint density at radius 3 is 2.96 bits per heavy atom. The van der Waals surface area contributed by atoms with Gasteiger partial charge < -0.3 is 10.3 Å². The van der Waals surface area contributed by atoms with Gasteiger partial charge in [-0.15, -0.1) is 5.10 Å². The number of nitrogens with one attached hydrogen (secondary N) is 2. The van der Waals surface area contributed by atoms with Crippen LogP contribution in [0.5, 0.6) is 0 Å². The van der Waals surface area contributed by atoms with Crippen LogP contribution in [-0.4, -0.2) is 31.1 Å². The van der Waals surface area contributed by atoms with Crippen LogP contribution >= 0.6 is 11.3 Å². The van der Waals surface area contributed by atoms with Gasteiger partial charge in [0.1, 0.15) is 6.33 Å². The Hall–Kier alpha value is -3.33. The van der Waals surface area contributed by atoms with E-state index in [1.54, 1.807) is 28.2 Å². The van der Waals surface area contributed by atoms with Gasteiger partial charge in [0.2, 0.25) is 11.5 Å². The highest BCUT2D eigenvalue weighted by Gasteiger charge is 2.20. The van der Waals surface area contributed by atoms with Gasteiger partial charge in [0, 0.05) is 17.1 Å². The van der Waals surface area contributed by atoms with E-state index in [1.165, 1.54) is 6.33 Å². The van der Waals surface area contributed by atoms with Crippen LogP contribution < -0.4 is 10.9 Å². The number of benzene rings is 1. The first-order chi connectivity index (χ1) is 13.1. The number of hydrogen-bond acceptors (Lipinski definition) is 6. The van der Waals surface area contributed by atoms with Crippen molar-refractivity contribution in [3.8, 4) is 0 Å². The van der Waals surface area contributed by atoms with Crippen LogP contribution in [0.25, 0.3) is 10.9 Å². The number of carbonyl (C=O) groups is 1. The minimum absolute atomic E-state index is 0.167. The van der Waals surface area contributed by atoms with Crippen molar-refractivity contribution < 1.29 is 4.79 Å². The normalized spacial score (nSPS) is 12.2. The van der Waals surface area contributed by atoms with Gasteiger partial charge in [-0.1, -0.05) is 6.07 Å². The van der Waals surface area contributed by atoms with Crippen LogP contribution in [0.15, 0.2) is 52.2 Å². The van der Waals surface area contributed by atoms with Crippen molar-refractivity contribution in [1.29, 1.82) is 0 Å². The number of aryl methyl sites for hydroxylation is 1. The Morgan fingerprint density at radius 2 is 2.22 bits per heavy atom. The summed E-state index contributed by atoms with van der Waals surface area (Å²) in [5, 5.41) is 19.0. The predicted octanol–water partition coefficient (Wildman–Crippen LogP) is 2.50. The maximum absolute atomic E-state index is 12.6. The maximum atomic E-state index is 12.6. The summed E-state index contributed by atoms with van der Waals surface area (Å²) in [6, 6.07) is 8.69. The number of aromatic amines is 1. The summed E-state index contributed by atoms with van der Waals surface area (Å²) < 4.78 is 1.57. The van der Waals surface area contributed by atoms with Crippen molar-refractivity contribution in [1.82, 2.24) is 25.2 Å². The SMILES string of the molecule is Cc1cc(=O)[nH]c2cc(NC(=O)CC(c3ccsc3)n3cnnn3)ccc12. The monoisotopic (exact) mass is 380 g/mol. The summed E-state index contributed by atoms with van der Waals surface area (Å²) in [7, 11) is 0. The van der Waals surface area contributed by atoms with Crippen molar-refractivity contribution in [2.75, 3.05) is 5.32 Å². The fraction of sp³-hybridized carbons (Fsp3) is 0.167. The Labute approximate surface area is 157 Å². The summed E-state index contributed by atoms with van der Waals surface area (Å²) in [6.45, 7) is 1.88. The molecule has 8 nitrogen and oxygen atoms in total. The molecule has 3 aromatic heterocycles. The van der Waals surface area contributed by atoms with E-state index >= 15 is 0 Å². The number of anilines is 1. The predicted molar refractivity (Wildman–Crippen MR) is 103 cm³/mol. The van der Waals surface area contributed by atoms with Crippen molar-refractivity contribution in [3.63, 3.8) is 0 Å². The van der Waals surface area contributed by atoms with E-state index in [9.17, 15) is 9.59 Å². The second-order valence-electron chi connectivity index (χ2n) is 6.19. The zero-order valence-corrected chi connectivity index (χ0v) is 15.2. The second-order valence-corrected chi connectivity index (χ2v) is 6.97. The standard InChI is InChI=1S/C18H16N6O2S/c1-11-6-17(25)21-15-7-13(2-3-14(11)15)20-18(26)8-16(12-4-5-27-9-12)24-10-19-22-23-24/h2-7,9-10,16H,8H2,1H3,(H,20,26)(H,21,25). The third-order valence-corrected chi connectivity index (χ3v) is 5.03. The highest BCUT2D eigenvalue weighted by atomic mass is 32.1. The fourth-order valence-corrected chi connectivity index (χ4v) is 3.75. The van der Waals surface area contributed by atoms with Crippen LogP contribution in [0.4, 0.5) is 5.69 Å². The first-order valence-corrected chi connectivity index (χ1v) is 9.22. The van der Waals surface area contributed by atoms with Crippen LogP contribution in [0.2, 0.25) is 0 Å². The summed E-state index contributed by atoms with van der Waals surface area (Å²) in [6.07, 6.45) is 1.68. The number of nitrogens with zero attached hydrogens (tertiary/aromatic N) is 4. The van der Waals surface area contributed by atoms with E-state index in [0.717, 1.165) is 16.5 Å². The van der Waals surface area contributed by atoms with Crippen molar-refractivity contribution in [2.45, 2.75) is 19.4 Å². The lowest BCUT2D eigenvalue weighted by molar-refractivity contribution is -0.116. The number of hydrogen-bond donors (Lipinski definition) is 2. The molecular weight excluding hydrogens is 364 g/mol. The molecule has 0 radical (unpaired) electrons. The average Bonchev–Trinajstić information content (AvgIpc) is 3.33. The van der Waals surface area contributed by atoms with Crippen LogP contribution in [0.1, 0.15) is 23.6 Å². The van der Waals surface area contributed by atoms with Crippen LogP contribution in [-0.2, 0) is 4.79 Å². The number of fused-ring (bicyclic) bond motifs is 1. The summed E-state index contributed by atoms with van der Waals surface area (Å²) in [4.78, 5) is 27.1. The third kappa shape index (κ3) is 3.63. The molecule has 136 valence electrons. The molecule has 2 N–H and O–H groups in total. The second kappa shape index (κ2) is 7.12. The van der Waals surface area contributed by atoms with Gasteiger partial charge >= 0.3 is 0 Å². The van der Waals surface area contributed by atoms with E-state index in [4.69, 9.17) is 0 Å². The van der Waals surface area contributed by atoms with E-state index in [0.29, 0.717) is 11.2 Å². The minimum atomic E-state index is -0.284. The molecule has 0 bridgehead atoms. The molecule has 9 heteroatoms. The van der Waals surface area contributed by atoms with Gasteiger partial charge in [0.05, 0.1) is 18.0 Å². The molecule has 0 aliphatic rings. The Kier molecular flexibility index (Phi) is 4.51. The van der Waals surface area contributed by atoms with Gasteiger partial charge in [-0.05, 0) is 57.4 Å². The molecule has 0 spiro atoms. The summed E-state index contributed by atoms with van der Waals surface area (Å²) >= 11 is 1.55. The lowest BCUT2D eigenvalue weighted by Gasteiger charge is -2.15. The average molecular weight is 380 g/mol. The lowest BCUT2D eigenvalue weighted by atomic mass is 10.1. The number of pyridine rings is 1. The molecule has 0 saturated heterocycles. The Bertz CT molecular complexity index is 1100. The number of carbonyl (C=O) groups excluding carboxylic acids is 1. The Morgan fingerprint density at radius 1 is 1.33 bits per heavy atom. The first kappa shape index (κ1) is 17.1. The van der Waals surface area contributed by atoms with Gasteiger partial charge in [-0.25, -0.2) is 4.68 Å². The molecule has 4 aromatic rings. The topological polar surface area (TPSA) is 106 Å². The highest BCUT2D eigenvalue weighted by molar-refractivity contribution is 7.08. The van der Waals surface area contributed by atoms with Gasteiger partial charge in [0.15, 0.2) is 0 Å². The smallest absolute Gasteiger partial charge is 0.248 e. The largest absolute Gasteiger partial charge is 0.326 e. The van der Waals surface area contributed by atoms with E-state index < -0.39 is 0 Å². The zero-order valence-electron chi connectivity index (χ0n) is 14.4. The first-order valence-electron chi connectivity index (χ1n) is 8.28. The maximum Gasteiger partial charge on any atom is 0.248 e. The quantitative estimate of drug-likeness (QED) is 0.553. The number of rotatable bonds is 5. The third-order valence-electron chi connectivity index (χ3n) is 4.32. The van der Waals surface area contributed by atoms with E-state index in [1.807, 2.05) is 35.9 Å². The Balaban J connectivity index is 1.56. The summed E-state index contributed by atoms with van der Waals surface area (Å²) in [5.74, 6) is -0.170. The van der Waals surface area contributed by atoms with E-state index in [-0.39, 0.29) is 23.9 Å². The molecule has 1 amide bonds. The zero-order chi connectivity index (χ0) is 18.8. The number of amides is 1. The molecule has 4 rings (SSSR count). The van der Waals surface area contributed by atoms with Crippen LogP contribution in [0, 0.1) is 6.92 Å². The number of aromatic nitrogens is 5. The molecule has 0 aliphatic carbocycles. The molecule has 1 unspecified atom stereocenters. The molecule has 0 saturated carbocycles. The summed E-state index contributed by atoms with van der Waals surface area (Å²) in [5.41, 5.74) is 3.01. The van der Waals surface area contributed by atoms with Gasteiger partial charge in [-0.2, -0.15) is 11.3 Å². The molecule has 1 atom stereocenters. The van der Waals surface area contributed by atoms with Crippen molar-refractivity contribution in [2.24, 2.45) is 0 Å². The number of tetrazole rings is 1. The minimum Gasteiger partial charge on any atom is -0.326 e. The lowest BCUT2D eigenvalue weighted by Crippen LogP contribution is -2.20. The van der Waals surface area contributed by atoms with Crippen molar-refractivity contribution >= 4 is 33.8 Å². The molecule has 0 aliphatic heterocycles. The van der Waals surface area contributed by atoms with E-state index in [2.05, 4.69) is 25.8 Å². The molecule has 1 aromatic carbocycles. The van der Waals surface area contributed by atoms with Crippen molar-refractivity contribution in [3.05, 3.63) is 68.9 Å². The number of H-pyrrole nitrogens is 1. The molecule has 0 fully saturated rings. The number of thiophene rings is 1. The highest BCUT2D eigenvalue weighted by Crippen LogP contribution is 2.24. The molecule has 27 heavy (non-hydrogen) atoms.